The lowest BCUT2D eigenvalue weighted by Crippen LogP contribution is -2.07. The first kappa shape index (κ1) is 10.7. The smallest absolute Gasteiger partial charge is 0.339 e. The van der Waals surface area contributed by atoms with E-state index in [1.807, 2.05) is 6.07 Å². The summed E-state index contributed by atoms with van der Waals surface area (Å²) in [5.41, 5.74) is 0.819. The van der Waals surface area contributed by atoms with Gasteiger partial charge < -0.3 is 4.52 Å². The van der Waals surface area contributed by atoms with E-state index in [2.05, 4.69) is 14.7 Å². The number of aromatic nitrogens is 2. The van der Waals surface area contributed by atoms with Crippen LogP contribution in [0.5, 0.6) is 0 Å². The molecule has 0 amide bonds. The van der Waals surface area contributed by atoms with Crippen molar-refractivity contribution >= 4 is 0 Å². The molecule has 0 fully saturated rings. The third kappa shape index (κ3) is 2.39. The molecule has 0 N–H and O–H groups in total. The molecule has 3 nitrogen and oxygen atoms in total. The Kier molecular flexibility index (Phi) is 2.64. The standard InChI is InChI=1S/C10H7F3N2O/c11-10(12,13)9-14-8(16-15-9)6-7-4-2-1-3-5-7/h1-5H,6H2. The average Bonchev–Trinajstić information content (AvgIpc) is 2.67. The molecule has 1 aromatic carbocycles. The van der Waals surface area contributed by atoms with E-state index in [0.717, 1.165) is 5.56 Å². The monoisotopic (exact) mass is 228 g/mol. The van der Waals surface area contributed by atoms with Crippen LogP contribution < -0.4 is 0 Å². The second-order valence-electron chi connectivity index (χ2n) is 3.17. The Bertz CT molecular complexity index is 464. The molecule has 0 unspecified atom stereocenters. The van der Waals surface area contributed by atoms with E-state index in [-0.39, 0.29) is 12.3 Å². The van der Waals surface area contributed by atoms with Crippen LogP contribution >= 0.6 is 0 Å². The lowest BCUT2D eigenvalue weighted by Gasteiger charge is -1.96. The maximum absolute atomic E-state index is 12.2. The van der Waals surface area contributed by atoms with Gasteiger partial charge in [-0.1, -0.05) is 35.5 Å². The van der Waals surface area contributed by atoms with Gasteiger partial charge in [0, 0.05) is 0 Å². The molecular formula is C10H7F3N2O. The van der Waals surface area contributed by atoms with E-state index in [0.29, 0.717) is 0 Å². The van der Waals surface area contributed by atoms with Crippen LogP contribution in [0.1, 0.15) is 17.3 Å². The van der Waals surface area contributed by atoms with Gasteiger partial charge >= 0.3 is 6.18 Å². The lowest BCUT2D eigenvalue weighted by atomic mass is 10.1. The molecule has 84 valence electrons. The van der Waals surface area contributed by atoms with Crippen molar-refractivity contribution in [3.05, 3.63) is 47.6 Å². The average molecular weight is 228 g/mol. The summed E-state index contributed by atoms with van der Waals surface area (Å²) in [5, 5.41) is 2.87. The Morgan fingerprint density at radius 3 is 2.38 bits per heavy atom. The maximum atomic E-state index is 12.2. The van der Waals surface area contributed by atoms with Crippen LogP contribution in [0.25, 0.3) is 0 Å². The second kappa shape index (κ2) is 3.96. The van der Waals surface area contributed by atoms with E-state index in [9.17, 15) is 13.2 Å². The Balaban J connectivity index is 2.15. The first-order chi connectivity index (χ1) is 7.55. The quantitative estimate of drug-likeness (QED) is 0.793. The molecule has 2 aromatic rings. The molecule has 0 radical (unpaired) electrons. The third-order valence-corrected chi connectivity index (χ3v) is 1.92. The Labute approximate surface area is 88.9 Å². The van der Waals surface area contributed by atoms with Crippen LogP contribution in [-0.4, -0.2) is 10.1 Å². The summed E-state index contributed by atoms with van der Waals surface area (Å²) in [4.78, 5) is 3.27. The topological polar surface area (TPSA) is 38.9 Å². The number of hydrogen-bond donors (Lipinski definition) is 0. The van der Waals surface area contributed by atoms with E-state index in [4.69, 9.17) is 0 Å². The summed E-state index contributed by atoms with van der Waals surface area (Å²) >= 11 is 0. The number of halogens is 3. The predicted molar refractivity (Wildman–Crippen MR) is 48.5 cm³/mol. The number of rotatable bonds is 2. The summed E-state index contributed by atoms with van der Waals surface area (Å²) in [5.74, 6) is -1.28. The van der Waals surface area contributed by atoms with Crippen LogP contribution in [0.15, 0.2) is 34.9 Å². The summed E-state index contributed by atoms with van der Waals surface area (Å²) in [6, 6.07) is 8.94. The fraction of sp³-hybridized carbons (Fsp3) is 0.200. The number of nitrogens with zero attached hydrogens (tertiary/aromatic N) is 2. The SMILES string of the molecule is FC(F)(F)c1noc(Cc2ccccc2)n1. The van der Waals surface area contributed by atoms with Crippen molar-refractivity contribution in [2.24, 2.45) is 0 Å². The minimum Gasteiger partial charge on any atom is -0.339 e. The number of hydrogen-bond acceptors (Lipinski definition) is 3. The van der Waals surface area contributed by atoms with Gasteiger partial charge in [-0.15, -0.1) is 0 Å². The molecular weight excluding hydrogens is 221 g/mol. The van der Waals surface area contributed by atoms with Gasteiger partial charge in [-0.25, -0.2) is 0 Å². The zero-order valence-electron chi connectivity index (χ0n) is 8.03. The fourth-order valence-corrected chi connectivity index (χ4v) is 1.21. The highest BCUT2D eigenvalue weighted by molar-refractivity contribution is 5.18. The molecule has 0 saturated carbocycles. The second-order valence-corrected chi connectivity index (χ2v) is 3.17. The normalized spacial score (nSPS) is 11.7. The Morgan fingerprint density at radius 1 is 1.12 bits per heavy atom. The molecule has 0 saturated heterocycles. The van der Waals surface area contributed by atoms with E-state index in [1.54, 1.807) is 24.3 Å². The van der Waals surface area contributed by atoms with Crippen LogP contribution in [0, 0.1) is 0 Å². The summed E-state index contributed by atoms with van der Waals surface area (Å²) in [6.45, 7) is 0. The fourth-order valence-electron chi connectivity index (χ4n) is 1.21. The summed E-state index contributed by atoms with van der Waals surface area (Å²) in [6.07, 6.45) is -4.36. The molecule has 1 heterocycles. The summed E-state index contributed by atoms with van der Waals surface area (Å²) < 4.78 is 41.0. The van der Waals surface area contributed by atoms with Crippen molar-refractivity contribution in [3.63, 3.8) is 0 Å². The van der Waals surface area contributed by atoms with Crippen molar-refractivity contribution in [2.45, 2.75) is 12.6 Å². The molecule has 0 atom stereocenters. The molecule has 0 spiro atoms. The van der Waals surface area contributed by atoms with Gasteiger partial charge in [0.15, 0.2) is 0 Å². The first-order valence-corrected chi connectivity index (χ1v) is 4.49. The number of alkyl halides is 3. The van der Waals surface area contributed by atoms with Crippen molar-refractivity contribution in [1.29, 1.82) is 0 Å². The van der Waals surface area contributed by atoms with Crippen LogP contribution in [0.3, 0.4) is 0 Å². The highest BCUT2D eigenvalue weighted by Crippen LogP contribution is 2.26. The van der Waals surface area contributed by atoms with Gasteiger partial charge in [0.05, 0.1) is 6.42 Å². The molecule has 16 heavy (non-hydrogen) atoms. The van der Waals surface area contributed by atoms with Crippen molar-refractivity contribution in [3.8, 4) is 0 Å². The zero-order chi connectivity index (χ0) is 11.6. The lowest BCUT2D eigenvalue weighted by molar-refractivity contribution is -0.146. The van der Waals surface area contributed by atoms with Gasteiger partial charge in [-0.2, -0.15) is 18.2 Å². The molecule has 2 rings (SSSR count). The highest BCUT2D eigenvalue weighted by atomic mass is 19.4. The molecule has 1 aromatic heterocycles. The zero-order valence-corrected chi connectivity index (χ0v) is 8.03. The molecule has 0 bridgehead atoms. The van der Waals surface area contributed by atoms with Gasteiger partial charge in [-0.3, -0.25) is 0 Å². The third-order valence-electron chi connectivity index (χ3n) is 1.92. The molecule has 6 heteroatoms. The Morgan fingerprint density at radius 2 is 1.81 bits per heavy atom. The van der Waals surface area contributed by atoms with Crippen LogP contribution in [-0.2, 0) is 12.6 Å². The Hall–Kier alpha value is -1.85. The van der Waals surface area contributed by atoms with Gasteiger partial charge in [-0.05, 0) is 5.56 Å². The van der Waals surface area contributed by atoms with Crippen molar-refractivity contribution in [1.82, 2.24) is 10.1 Å². The van der Waals surface area contributed by atoms with Crippen molar-refractivity contribution in [2.75, 3.05) is 0 Å². The van der Waals surface area contributed by atoms with E-state index in [1.165, 1.54) is 0 Å². The van der Waals surface area contributed by atoms with Crippen LogP contribution in [0.4, 0.5) is 13.2 Å². The molecule has 0 aliphatic rings. The van der Waals surface area contributed by atoms with Crippen LogP contribution in [0.2, 0.25) is 0 Å². The van der Waals surface area contributed by atoms with E-state index < -0.39 is 12.0 Å². The largest absolute Gasteiger partial charge is 0.455 e. The number of benzene rings is 1. The molecule has 0 aliphatic heterocycles. The van der Waals surface area contributed by atoms with Gasteiger partial charge in [0.2, 0.25) is 5.89 Å². The minimum absolute atomic E-state index is 0.0430. The first-order valence-electron chi connectivity index (χ1n) is 4.49. The van der Waals surface area contributed by atoms with Gasteiger partial charge in [0.25, 0.3) is 5.82 Å². The molecule has 0 aliphatic carbocycles. The van der Waals surface area contributed by atoms with Crippen molar-refractivity contribution < 1.29 is 17.7 Å². The minimum atomic E-state index is -4.56. The summed E-state index contributed by atoms with van der Waals surface area (Å²) in [7, 11) is 0. The van der Waals surface area contributed by atoms with Gasteiger partial charge in [0.1, 0.15) is 0 Å². The maximum Gasteiger partial charge on any atom is 0.455 e. The highest BCUT2D eigenvalue weighted by Gasteiger charge is 2.37. The van der Waals surface area contributed by atoms with E-state index >= 15 is 0 Å². The predicted octanol–water partition coefficient (Wildman–Crippen LogP) is 2.68.